The molecule has 0 aliphatic heterocycles. The van der Waals surface area contributed by atoms with Crippen LogP contribution in [-0.4, -0.2) is 28.9 Å². The van der Waals surface area contributed by atoms with E-state index in [4.69, 9.17) is 16.2 Å². The Labute approximate surface area is 107 Å². The van der Waals surface area contributed by atoms with Gasteiger partial charge in [-0.25, -0.2) is 4.21 Å². The Morgan fingerprint density at radius 1 is 1.59 bits per heavy atom. The summed E-state index contributed by atoms with van der Waals surface area (Å²) in [6.45, 7) is 0. The zero-order valence-electron chi connectivity index (χ0n) is 9.34. The van der Waals surface area contributed by atoms with Gasteiger partial charge in [-0.2, -0.15) is 0 Å². The van der Waals surface area contributed by atoms with Gasteiger partial charge in [0.15, 0.2) is 0 Å². The first-order valence-corrected chi connectivity index (χ1v) is 6.09. The number of benzene rings is 1. The zero-order valence-corrected chi connectivity index (χ0v) is 10.9. The van der Waals surface area contributed by atoms with Crippen molar-refractivity contribution in [3.63, 3.8) is 0 Å². The molecule has 1 aromatic carbocycles. The highest BCUT2D eigenvalue weighted by Gasteiger charge is 2.12. The van der Waals surface area contributed by atoms with Crippen LogP contribution in [0.4, 0.5) is 5.69 Å². The molecule has 0 radical (unpaired) electrons. The van der Waals surface area contributed by atoms with Gasteiger partial charge in [0.25, 0.3) is 11.3 Å². The maximum absolute atomic E-state index is 11.1. The molecule has 0 aliphatic carbocycles. The summed E-state index contributed by atoms with van der Waals surface area (Å²) in [5, 5.41) is 0.302. The number of methoxy groups -OCH3 is 1. The number of halogens is 1. The third-order valence-corrected chi connectivity index (χ3v) is 3.13. The molecule has 0 bridgehead atoms. The van der Waals surface area contributed by atoms with Crippen LogP contribution >= 0.6 is 11.6 Å². The third kappa shape index (κ3) is 3.69. The molecular formula is C10H12ClNO4S. The van der Waals surface area contributed by atoms with E-state index < -0.39 is 11.3 Å². The average Bonchev–Trinajstić information content (AvgIpc) is 2.28. The van der Waals surface area contributed by atoms with E-state index in [1.807, 2.05) is 0 Å². The van der Waals surface area contributed by atoms with Crippen molar-refractivity contribution in [2.45, 2.75) is 6.42 Å². The molecule has 1 N–H and O–H groups in total. The normalized spacial score (nSPS) is 12.0. The standard InChI is InChI=1S/C10H12ClNO4S/c1-12(17(14)15)9-4-3-7(5-8(9)11)6-10(13)16-2/h3-5H,6H2,1-2H3,(H,14,15). The molecule has 0 amide bonds. The lowest BCUT2D eigenvalue weighted by atomic mass is 10.1. The molecule has 0 saturated heterocycles. The van der Waals surface area contributed by atoms with Gasteiger partial charge < -0.3 is 4.74 Å². The highest BCUT2D eigenvalue weighted by Crippen LogP contribution is 2.26. The monoisotopic (exact) mass is 277 g/mol. The number of ether oxygens (including phenoxy) is 1. The van der Waals surface area contributed by atoms with Crippen molar-refractivity contribution in [2.75, 3.05) is 18.5 Å². The first kappa shape index (κ1) is 14.0. The fraction of sp³-hybridized carbons (Fsp3) is 0.300. The highest BCUT2D eigenvalue weighted by molar-refractivity contribution is 7.80. The van der Waals surface area contributed by atoms with Crippen LogP contribution in [0.5, 0.6) is 0 Å². The predicted octanol–water partition coefficient (Wildman–Crippen LogP) is 1.63. The molecule has 1 atom stereocenters. The molecule has 0 aliphatic rings. The fourth-order valence-corrected chi connectivity index (χ4v) is 1.95. The first-order valence-electron chi connectivity index (χ1n) is 4.65. The molecule has 1 rings (SSSR count). The molecule has 1 aromatic rings. The molecule has 0 saturated carbocycles. The summed E-state index contributed by atoms with van der Waals surface area (Å²) in [5.41, 5.74) is 1.10. The van der Waals surface area contributed by atoms with Crippen molar-refractivity contribution in [2.24, 2.45) is 0 Å². The van der Waals surface area contributed by atoms with Crippen LogP contribution in [0, 0.1) is 0 Å². The van der Waals surface area contributed by atoms with E-state index in [0.717, 1.165) is 4.31 Å². The number of nitrogens with zero attached hydrogens (tertiary/aromatic N) is 1. The number of rotatable bonds is 4. The lowest BCUT2D eigenvalue weighted by Crippen LogP contribution is -2.19. The Morgan fingerprint density at radius 3 is 2.71 bits per heavy atom. The van der Waals surface area contributed by atoms with Gasteiger partial charge >= 0.3 is 5.97 Å². The van der Waals surface area contributed by atoms with E-state index in [-0.39, 0.29) is 12.4 Å². The van der Waals surface area contributed by atoms with Crippen LogP contribution in [-0.2, 0) is 27.2 Å². The number of carbonyl (C=O) groups is 1. The van der Waals surface area contributed by atoms with Gasteiger partial charge in [-0.05, 0) is 17.7 Å². The largest absolute Gasteiger partial charge is 0.469 e. The molecule has 1 unspecified atom stereocenters. The van der Waals surface area contributed by atoms with E-state index in [0.29, 0.717) is 16.3 Å². The van der Waals surface area contributed by atoms with Crippen LogP contribution < -0.4 is 4.31 Å². The van der Waals surface area contributed by atoms with E-state index in [2.05, 4.69) is 4.74 Å². The number of hydrogen-bond acceptors (Lipinski definition) is 3. The lowest BCUT2D eigenvalue weighted by molar-refractivity contribution is -0.139. The van der Waals surface area contributed by atoms with Gasteiger partial charge in [-0.3, -0.25) is 13.7 Å². The van der Waals surface area contributed by atoms with Crippen molar-refractivity contribution in [3.8, 4) is 0 Å². The second-order valence-electron chi connectivity index (χ2n) is 3.27. The van der Waals surface area contributed by atoms with Gasteiger partial charge in [0.2, 0.25) is 0 Å². The molecule has 5 nitrogen and oxygen atoms in total. The summed E-state index contributed by atoms with van der Waals surface area (Å²) in [6, 6.07) is 4.80. The van der Waals surface area contributed by atoms with E-state index >= 15 is 0 Å². The average molecular weight is 278 g/mol. The van der Waals surface area contributed by atoms with Crippen molar-refractivity contribution in [1.29, 1.82) is 0 Å². The minimum Gasteiger partial charge on any atom is -0.469 e. The number of esters is 1. The zero-order chi connectivity index (χ0) is 13.0. The Kier molecular flexibility index (Phi) is 4.92. The van der Waals surface area contributed by atoms with Gasteiger partial charge in [0.05, 0.1) is 24.2 Å². The predicted molar refractivity (Wildman–Crippen MR) is 66.3 cm³/mol. The minimum atomic E-state index is -2.13. The summed E-state index contributed by atoms with van der Waals surface area (Å²) in [7, 11) is 2.75. The van der Waals surface area contributed by atoms with E-state index in [1.54, 1.807) is 18.2 Å². The smallest absolute Gasteiger partial charge is 0.309 e. The molecule has 0 fully saturated rings. The Bertz CT molecular complexity index is 452. The topological polar surface area (TPSA) is 66.8 Å². The van der Waals surface area contributed by atoms with Gasteiger partial charge in [0, 0.05) is 7.05 Å². The SMILES string of the molecule is COC(=O)Cc1ccc(N(C)S(=O)O)c(Cl)c1. The molecule has 94 valence electrons. The molecule has 0 heterocycles. The molecular weight excluding hydrogens is 266 g/mol. The van der Waals surface area contributed by atoms with Crippen molar-refractivity contribution < 1.29 is 18.3 Å². The Hall–Kier alpha value is -1.11. The summed E-state index contributed by atoms with van der Waals surface area (Å²) in [4.78, 5) is 11.1. The maximum atomic E-state index is 11.1. The van der Waals surface area contributed by atoms with Crippen molar-refractivity contribution >= 4 is 34.5 Å². The number of hydrogen-bond donors (Lipinski definition) is 1. The van der Waals surface area contributed by atoms with Crippen LogP contribution in [0.3, 0.4) is 0 Å². The van der Waals surface area contributed by atoms with Gasteiger partial charge in [-0.1, -0.05) is 17.7 Å². The minimum absolute atomic E-state index is 0.114. The molecule has 0 spiro atoms. The molecule has 17 heavy (non-hydrogen) atoms. The highest BCUT2D eigenvalue weighted by atomic mass is 35.5. The van der Waals surface area contributed by atoms with Gasteiger partial charge in [0.1, 0.15) is 0 Å². The second-order valence-corrected chi connectivity index (χ2v) is 4.68. The second kappa shape index (κ2) is 6.00. The van der Waals surface area contributed by atoms with Crippen molar-refractivity contribution in [1.82, 2.24) is 0 Å². The number of carbonyl (C=O) groups excluding carboxylic acids is 1. The summed E-state index contributed by atoms with van der Waals surface area (Å²) >= 11 is 3.82. The fourth-order valence-electron chi connectivity index (χ4n) is 1.24. The first-order chi connectivity index (χ1) is 7.95. The van der Waals surface area contributed by atoms with Crippen LogP contribution in [0.1, 0.15) is 5.56 Å². The molecule has 7 heteroatoms. The third-order valence-electron chi connectivity index (χ3n) is 2.16. The maximum Gasteiger partial charge on any atom is 0.309 e. The van der Waals surface area contributed by atoms with E-state index in [9.17, 15) is 9.00 Å². The number of anilines is 1. The summed E-state index contributed by atoms with van der Waals surface area (Å²) in [5.74, 6) is -0.368. The van der Waals surface area contributed by atoms with Crippen LogP contribution in [0.2, 0.25) is 5.02 Å². The van der Waals surface area contributed by atoms with Crippen molar-refractivity contribution in [3.05, 3.63) is 28.8 Å². The lowest BCUT2D eigenvalue weighted by Gasteiger charge is -2.15. The molecule has 0 aromatic heterocycles. The Balaban J connectivity index is 2.94. The summed E-state index contributed by atoms with van der Waals surface area (Å²) in [6.07, 6.45) is 0.114. The van der Waals surface area contributed by atoms with Crippen LogP contribution in [0.25, 0.3) is 0 Å². The Morgan fingerprint density at radius 2 is 2.24 bits per heavy atom. The van der Waals surface area contributed by atoms with Gasteiger partial charge in [-0.15, -0.1) is 0 Å². The van der Waals surface area contributed by atoms with E-state index in [1.165, 1.54) is 14.2 Å². The van der Waals surface area contributed by atoms with Crippen LogP contribution in [0.15, 0.2) is 18.2 Å². The quantitative estimate of drug-likeness (QED) is 0.671. The summed E-state index contributed by atoms with van der Waals surface area (Å²) < 4.78 is 25.4.